The van der Waals surface area contributed by atoms with E-state index in [1.807, 2.05) is 0 Å². The van der Waals surface area contributed by atoms with E-state index in [1.165, 1.54) is 15.9 Å². The normalized spacial score (nSPS) is 19.0. The molecule has 0 bridgehead atoms. The van der Waals surface area contributed by atoms with E-state index in [0.717, 1.165) is 0 Å². The van der Waals surface area contributed by atoms with Crippen LogP contribution in [0.2, 0.25) is 0 Å². The Morgan fingerprint density at radius 2 is 1.42 bits per heavy atom. The van der Waals surface area contributed by atoms with Crippen LogP contribution in [0.15, 0.2) is 0 Å². The standard InChI is InChI=1S/C5H5BrF6/c1-2(5(10,11)12)3(7)4(6,8)9/h2-3H,1H3. The zero-order chi connectivity index (χ0) is 10.2. The summed E-state index contributed by atoms with van der Waals surface area (Å²) in [5, 5.41) is 0. The first-order valence-corrected chi connectivity index (χ1v) is 3.63. The maximum Gasteiger partial charge on any atom is 0.394 e. The molecule has 0 heterocycles. The van der Waals surface area contributed by atoms with Crippen LogP contribution in [-0.2, 0) is 0 Å². The average Bonchev–Trinajstić information content (AvgIpc) is 1.80. The molecule has 0 aromatic heterocycles. The molecule has 0 N–H and O–H groups in total. The Balaban J connectivity index is 4.41. The first-order chi connectivity index (χ1) is 5.07. The minimum absolute atomic E-state index is 0.361. The molecular weight excluding hydrogens is 254 g/mol. The van der Waals surface area contributed by atoms with E-state index in [-0.39, 0.29) is 0 Å². The third kappa shape index (κ3) is 3.20. The van der Waals surface area contributed by atoms with Gasteiger partial charge >= 0.3 is 11.0 Å². The van der Waals surface area contributed by atoms with Crippen molar-refractivity contribution in [3.63, 3.8) is 0 Å². The van der Waals surface area contributed by atoms with Crippen molar-refractivity contribution < 1.29 is 26.3 Å². The van der Waals surface area contributed by atoms with Crippen LogP contribution in [0.25, 0.3) is 0 Å². The highest BCUT2D eigenvalue weighted by Crippen LogP contribution is 2.39. The largest absolute Gasteiger partial charge is 0.394 e. The van der Waals surface area contributed by atoms with Gasteiger partial charge in [0.15, 0.2) is 6.17 Å². The van der Waals surface area contributed by atoms with E-state index < -0.39 is 23.1 Å². The highest BCUT2D eigenvalue weighted by Gasteiger charge is 2.51. The van der Waals surface area contributed by atoms with Crippen LogP contribution in [-0.4, -0.2) is 17.2 Å². The SMILES string of the molecule is CC(C(F)C(F)(F)Br)C(F)(F)F. The Kier molecular flexibility index (Phi) is 3.45. The molecule has 0 amide bonds. The summed E-state index contributed by atoms with van der Waals surface area (Å²) in [5.41, 5.74) is 0. The van der Waals surface area contributed by atoms with Crippen molar-refractivity contribution >= 4 is 15.9 Å². The van der Waals surface area contributed by atoms with Crippen LogP contribution in [0.1, 0.15) is 6.92 Å². The number of rotatable bonds is 2. The van der Waals surface area contributed by atoms with E-state index >= 15 is 0 Å². The third-order valence-corrected chi connectivity index (χ3v) is 1.71. The summed E-state index contributed by atoms with van der Waals surface area (Å²) in [5.74, 6) is -2.69. The smallest absolute Gasteiger partial charge is 0.239 e. The van der Waals surface area contributed by atoms with Crippen LogP contribution >= 0.6 is 15.9 Å². The predicted octanol–water partition coefficient (Wildman–Crippen LogP) is 3.51. The Morgan fingerprint density at radius 3 is 1.50 bits per heavy atom. The zero-order valence-electron chi connectivity index (χ0n) is 5.80. The van der Waals surface area contributed by atoms with Crippen molar-refractivity contribution in [3.05, 3.63) is 0 Å². The summed E-state index contributed by atoms with van der Waals surface area (Å²) < 4.78 is 71.1. The molecule has 12 heavy (non-hydrogen) atoms. The fourth-order valence-electron chi connectivity index (χ4n) is 0.449. The molecule has 0 nitrogen and oxygen atoms in total. The maximum atomic E-state index is 12.3. The molecule has 0 saturated carbocycles. The molecule has 0 aliphatic heterocycles. The molecule has 7 heteroatoms. The lowest BCUT2D eigenvalue weighted by Gasteiger charge is -2.22. The van der Waals surface area contributed by atoms with Gasteiger partial charge in [-0.3, -0.25) is 0 Å². The lowest BCUT2D eigenvalue weighted by molar-refractivity contribution is -0.201. The monoisotopic (exact) mass is 258 g/mol. The molecule has 0 aromatic rings. The van der Waals surface area contributed by atoms with Gasteiger partial charge < -0.3 is 0 Å². The second-order valence-corrected chi connectivity index (χ2v) is 3.33. The molecule has 2 unspecified atom stereocenters. The van der Waals surface area contributed by atoms with E-state index in [4.69, 9.17) is 0 Å². The van der Waals surface area contributed by atoms with Gasteiger partial charge in [0.25, 0.3) is 0 Å². The molecule has 0 spiro atoms. The predicted molar refractivity (Wildman–Crippen MR) is 34.0 cm³/mol. The highest BCUT2D eigenvalue weighted by molar-refractivity contribution is 9.10. The van der Waals surface area contributed by atoms with E-state index in [9.17, 15) is 26.3 Å². The van der Waals surface area contributed by atoms with Gasteiger partial charge in [-0.1, -0.05) is 6.92 Å². The Morgan fingerprint density at radius 1 is 1.08 bits per heavy atom. The Hall–Kier alpha value is 0.0600. The molecule has 2 atom stereocenters. The van der Waals surface area contributed by atoms with Gasteiger partial charge in [0, 0.05) is 0 Å². The second kappa shape index (κ2) is 3.43. The first kappa shape index (κ1) is 12.1. The highest BCUT2D eigenvalue weighted by atomic mass is 79.9. The summed E-state index contributed by atoms with van der Waals surface area (Å²) >= 11 is 1.53. The lowest BCUT2D eigenvalue weighted by Crippen LogP contribution is -2.37. The molecule has 0 saturated heterocycles. The van der Waals surface area contributed by atoms with E-state index in [0.29, 0.717) is 6.92 Å². The van der Waals surface area contributed by atoms with Crippen LogP contribution in [0.4, 0.5) is 26.3 Å². The zero-order valence-corrected chi connectivity index (χ0v) is 7.39. The number of alkyl halides is 7. The fraction of sp³-hybridized carbons (Fsp3) is 1.00. The molecule has 0 fully saturated rings. The van der Waals surface area contributed by atoms with Gasteiger partial charge in [0.05, 0.1) is 5.92 Å². The van der Waals surface area contributed by atoms with Gasteiger partial charge in [-0.05, 0) is 15.9 Å². The summed E-state index contributed by atoms with van der Waals surface area (Å²) in [6.07, 6.45) is -8.21. The van der Waals surface area contributed by atoms with Crippen LogP contribution in [0, 0.1) is 5.92 Å². The van der Waals surface area contributed by atoms with E-state index in [1.54, 1.807) is 0 Å². The molecule has 0 aliphatic rings. The van der Waals surface area contributed by atoms with Crippen molar-refractivity contribution in [1.29, 1.82) is 0 Å². The van der Waals surface area contributed by atoms with Crippen molar-refractivity contribution in [1.82, 2.24) is 0 Å². The Bertz CT molecular complexity index is 129. The lowest BCUT2D eigenvalue weighted by atomic mass is 10.1. The molecule has 0 aromatic carbocycles. The topological polar surface area (TPSA) is 0 Å². The van der Waals surface area contributed by atoms with Crippen molar-refractivity contribution in [2.75, 3.05) is 0 Å². The average molecular weight is 259 g/mol. The summed E-state index contributed by atoms with van der Waals surface area (Å²) in [7, 11) is 0. The number of hydrogen-bond acceptors (Lipinski definition) is 0. The van der Waals surface area contributed by atoms with Crippen molar-refractivity contribution in [2.24, 2.45) is 5.92 Å². The molecule has 74 valence electrons. The molecule has 0 rings (SSSR count). The number of hydrogen-bond donors (Lipinski definition) is 0. The van der Waals surface area contributed by atoms with Crippen molar-refractivity contribution in [3.8, 4) is 0 Å². The van der Waals surface area contributed by atoms with Crippen LogP contribution in [0.3, 0.4) is 0 Å². The van der Waals surface area contributed by atoms with E-state index in [2.05, 4.69) is 0 Å². The van der Waals surface area contributed by atoms with Gasteiger partial charge in [0.2, 0.25) is 0 Å². The van der Waals surface area contributed by atoms with Gasteiger partial charge in [-0.25, -0.2) is 4.39 Å². The summed E-state index contributed by atoms with van der Waals surface area (Å²) in [4.78, 5) is -4.14. The molecule has 0 aliphatic carbocycles. The number of halogens is 7. The first-order valence-electron chi connectivity index (χ1n) is 2.84. The van der Waals surface area contributed by atoms with Gasteiger partial charge in [-0.15, -0.1) is 0 Å². The Labute approximate surface area is 73.1 Å². The van der Waals surface area contributed by atoms with Crippen LogP contribution < -0.4 is 0 Å². The van der Waals surface area contributed by atoms with Gasteiger partial charge in [-0.2, -0.15) is 22.0 Å². The van der Waals surface area contributed by atoms with Crippen molar-refractivity contribution in [2.45, 2.75) is 24.1 Å². The summed E-state index contributed by atoms with van der Waals surface area (Å²) in [6.45, 7) is 0.361. The minimum Gasteiger partial charge on any atom is -0.239 e. The summed E-state index contributed by atoms with van der Waals surface area (Å²) in [6, 6.07) is 0. The second-order valence-electron chi connectivity index (χ2n) is 2.27. The maximum absolute atomic E-state index is 12.3. The quantitative estimate of drug-likeness (QED) is 0.525. The molecule has 0 radical (unpaired) electrons. The fourth-order valence-corrected chi connectivity index (χ4v) is 0.846. The minimum atomic E-state index is -4.95. The molecular formula is C5H5BrF6. The third-order valence-electron chi connectivity index (χ3n) is 1.27. The van der Waals surface area contributed by atoms with Gasteiger partial charge in [0.1, 0.15) is 0 Å². The van der Waals surface area contributed by atoms with Crippen LogP contribution in [0.5, 0.6) is 0 Å².